The minimum atomic E-state index is -4.80. The zero-order valence-corrected chi connectivity index (χ0v) is 12.7. The molecule has 1 saturated heterocycles. The Morgan fingerprint density at radius 1 is 1.33 bits per heavy atom. The molecule has 132 valence electrons. The predicted octanol–water partition coefficient (Wildman–Crippen LogP) is 2.25. The summed E-state index contributed by atoms with van der Waals surface area (Å²) in [5.74, 6) is -2.36. The Hall–Kier alpha value is -2.32. The van der Waals surface area contributed by atoms with E-state index < -0.39 is 35.4 Å². The molecule has 0 spiro atoms. The van der Waals surface area contributed by atoms with Crippen LogP contribution in [0.25, 0.3) is 0 Å². The Balaban J connectivity index is 2.01. The van der Waals surface area contributed by atoms with Gasteiger partial charge in [0.15, 0.2) is 0 Å². The molecule has 1 aromatic rings. The molecule has 1 atom stereocenters. The van der Waals surface area contributed by atoms with Crippen molar-refractivity contribution in [2.75, 3.05) is 13.1 Å². The van der Waals surface area contributed by atoms with Crippen LogP contribution >= 0.6 is 0 Å². The van der Waals surface area contributed by atoms with Gasteiger partial charge in [0.05, 0.1) is 11.5 Å². The van der Waals surface area contributed by atoms with Crippen LogP contribution in [-0.2, 0) is 17.5 Å². The number of primary amides is 1. The third-order valence-electron chi connectivity index (χ3n) is 3.93. The number of alkyl halides is 3. The Kier molecular flexibility index (Phi) is 5.30. The van der Waals surface area contributed by atoms with Crippen LogP contribution in [0.15, 0.2) is 18.2 Å². The van der Waals surface area contributed by atoms with Gasteiger partial charge in [-0.25, -0.2) is 9.18 Å². The average molecular weight is 347 g/mol. The van der Waals surface area contributed by atoms with E-state index in [4.69, 9.17) is 5.73 Å². The highest BCUT2D eigenvalue weighted by molar-refractivity contribution is 5.79. The van der Waals surface area contributed by atoms with E-state index in [0.29, 0.717) is 25.5 Å². The van der Waals surface area contributed by atoms with Crippen molar-refractivity contribution in [1.82, 2.24) is 10.2 Å². The Morgan fingerprint density at radius 3 is 2.67 bits per heavy atom. The summed E-state index contributed by atoms with van der Waals surface area (Å²) in [4.78, 5) is 24.6. The van der Waals surface area contributed by atoms with Crippen LogP contribution < -0.4 is 11.1 Å². The molecule has 0 bridgehead atoms. The molecule has 1 unspecified atom stereocenters. The van der Waals surface area contributed by atoms with E-state index in [-0.39, 0.29) is 18.7 Å². The van der Waals surface area contributed by atoms with Crippen molar-refractivity contribution in [3.05, 3.63) is 35.1 Å². The molecule has 9 heteroatoms. The quantitative estimate of drug-likeness (QED) is 0.823. The Bertz CT molecular complexity index is 634. The maximum atomic E-state index is 13.9. The third kappa shape index (κ3) is 4.15. The largest absolute Gasteiger partial charge is 0.419 e. The molecule has 1 heterocycles. The Morgan fingerprint density at radius 2 is 2.04 bits per heavy atom. The van der Waals surface area contributed by atoms with E-state index in [1.807, 2.05) is 0 Å². The van der Waals surface area contributed by atoms with Crippen molar-refractivity contribution in [2.45, 2.75) is 25.6 Å². The maximum Gasteiger partial charge on any atom is 0.419 e. The van der Waals surface area contributed by atoms with E-state index >= 15 is 0 Å². The highest BCUT2D eigenvalue weighted by Crippen LogP contribution is 2.32. The van der Waals surface area contributed by atoms with Gasteiger partial charge < -0.3 is 16.0 Å². The minimum absolute atomic E-state index is 0.145. The molecule has 2 rings (SSSR count). The number of carbonyl (C=O) groups is 2. The molecule has 3 N–H and O–H groups in total. The second-order valence-electron chi connectivity index (χ2n) is 5.62. The van der Waals surface area contributed by atoms with Gasteiger partial charge in [-0.2, -0.15) is 13.2 Å². The molecule has 1 fully saturated rings. The van der Waals surface area contributed by atoms with Gasteiger partial charge in [-0.1, -0.05) is 12.1 Å². The molecular weight excluding hydrogens is 330 g/mol. The minimum Gasteiger partial charge on any atom is -0.369 e. The van der Waals surface area contributed by atoms with Crippen LogP contribution in [0.5, 0.6) is 0 Å². The first-order chi connectivity index (χ1) is 11.2. The first-order valence-electron chi connectivity index (χ1n) is 7.37. The van der Waals surface area contributed by atoms with Crippen LogP contribution in [0.4, 0.5) is 22.4 Å². The number of likely N-dealkylation sites (tertiary alicyclic amines) is 1. The fraction of sp³-hybridized carbons (Fsp3) is 0.467. The number of piperidine rings is 1. The molecule has 0 aromatic heterocycles. The average Bonchev–Trinajstić information content (AvgIpc) is 2.52. The highest BCUT2D eigenvalue weighted by atomic mass is 19.4. The first-order valence-corrected chi connectivity index (χ1v) is 7.37. The molecule has 0 aliphatic carbocycles. The highest BCUT2D eigenvalue weighted by Gasteiger charge is 2.35. The van der Waals surface area contributed by atoms with E-state index in [1.165, 1.54) is 11.0 Å². The van der Waals surface area contributed by atoms with Gasteiger partial charge >= 0.3 is 12.2 Å². The van der Waals surface area contributed by atoms with Crippen LogP contribution in [0.1, 0.15) is 24.0 Å². The van der Waals surface area contributed by atoms with Gasteiger partial charge in [0, 0.05) is 25.2 Å². The van der Waals surface area contributed by atoms with Crippen LogP contribution in [0, 0.1) is 11.7 Å². The second kappa shape index (κ2) is 7.06. The summed E-state index contributed by atoms with van der Waals surface area (Å²) in [6, 6.07) is 2.32. The normalized spacial score (nSPS) is 18.3. The van der Waals surface area contributed by atoms with Crippen molar-refractivity contribution in [3.63, 3.8) is 0 Å². The number of halogens is 4. The van der Waals surface area contributed by atoms with Crippen LogP contribution in [0.2, 0.25) is 0 Å². The summed E-state index contributed by atoms with van der Waals surface area (Å²) in [5, 5.41) is 2.38. The second-order valence-corrected chi connectivity index (χ2v) is 5.62. The van der Waals surface area contributed by atoms with E-state index in [9.17, 15) is 27.2 Å². The monoisotopic (exact) mass is 347 g/mol. The van der Waals surface area contributed by atoms with Crippen molar-refractivity contribution in [2.24, 2.45) is 11.7 Å². The van der Waals surface area contributed by atoms with Gasteiger partial charge in [0.25, 0.3) is 0 Å². The van der Waals surface area contributed by atoms with Crippen molar-refractivity contribution >= 4 is 11.9 Å². The lowest BCUT2D eigenvalue weighted by Gasteiger charge is -2.31. The topological polar surface area (TPSA) is 75.4 Å². The molecular formula is C15H17F4N3O2. The fourth-order valence-corrected chi connectivity index (χ4v) is 2.61. The number of carbonyl (C=O) groups excluding carboxylic acids is 2. The molecule has 24 heavy (non-hydrogen) atoms. The summed E-state index contributed by atoms with van der Waals surface area (Å²) >= 11 is 0. The summed E-state index contributed by atoms with van der Waals surface area (Å²) in [6.07, 6.45) is -3.62. The van der Waals surface area contributed by atoms with Crippen molar-refractivity contribution < 1.29 is 27.2 Å². The lowest BCUT2D eigenvalue weighted by molar-refractivity contribution is -0.140. The first kappa shape index (κ1) is 18.0. The Labute approximate surface area is 135 Å². The zero-order valence-electron chi connectivity index (χ0n) is 12.7. The lowest BCUT2D eigenvalue weighted by Crippen LogP contribution is -2.48. The van der Waals surface area contributed by atoms with Gasteiger partial charge in [-0.05, 0) is 18.9 Å². The van der Waals surface area contributed by atoms with E-state index in [0.717, 1.165) is 6.07 Å². The van der Waals surface area contributed by atoms with E-state index in [2.05, 4.69) is 5.32 Å². The lowest BCUT2D eigenvalue weighted by atomic mass is 9.98. The zero-order chi connectivity index (χ0) is 17.9. The van der Waals surface area contributed by atoms with Crippen molar-refractivity contribution in [1.29, 1.82) is 0 Å². The standard InChI is InChI=1S/C15H17F4N3O2/c16-12-9(3-1-5-11(12)15(17,18)19)7-21-14(24)22-6-2-4-10(8-22)13(20)23/h1,3,5,10H,2,4,6-8H2,(H2,20,23)(H,21,24). The third-order valence-corrected chi connectivity index (χ3v) is 3.93. The molecule has 1 aromatic carbocycles. The summed E-state index contributed by atoms with van der Waals surface area (Å²) in [5.41, 5.74) is 3.58. The smallest absolute Gasteiger partial charge is 0.369 e. The summed E-state index contributed by atoms with van der Waals surface area (Å²) in [6.45, 7) is 0.166. The number of nitrogens with one attached hydrogen (secondary N) is 1. The predicted molar refractivity (Wildman–Crippen MR) is 77.1 cm³/mol. The number of amides is 3. The summed E-state index contributed by atoms with van der Waals surface area (Å²) in [7, 11) is 0. The number of nitrogens with two attached hydrogens (primary N) is 1. The number of hydrogen-bond acceptors (Lipinski definition) is 2. The SMILES string of the molecule is NC(=O)C1CCCN(C(=O)NCc2cccc(C(F)(F)F)c2F)C1. The van der Waals surface area contributed by atoms with Gasteiger partial charge in [-0.15, -0.1) is 0 Å². The van der Waals surface area contributed by atoms with Gasteiger partial charge in [-0.3, -0.25) is 4.79 Å². The maximum absolute atomic E-state index is 13.9. The number of rotatable bonds is 3. The number of hydrogen-bond donors (Lipinski definition) is 2. The van der Waals surface area contributed by atoms with Gasteiger partial charge in [0.1, 0.15) is 5.82 Å². The number of urea groups is 1. The van der Waals surface area contributed by atoms with Crippen LogP contribution in [0.3, 0.4) is 0 Å². The number of nitrogens with zero attached hydrogens (tertiary/aromatic N) is 1. The van der Waals surface area contributed by atoms with Crippen molar-refractivity contribution in [3.8, 4) is 0 Å². The van der Waals surface area contributed by atoms with Gasteiger partial charge in [0.2, 0.25) is 5.91 Å². The molecule has 0 saturated carbocycles. The molecule has 1 aliphatic rings. The summed E-state index contributed by atoms with van der Waals surface area (Å²) < 4.78 is 51.9. The number of benzene rings is 1. The van der Waals surface area contributed by atoms with E-state index in [1.54, 1.807) is 0 Å². The fourth-order valence-electron chi connectivity index (χ4n) is 2.61. The molecule has 0 radical (unpaired) electrons. The molecule has 5 nitrogen and oxygen atoms in total. The van der Waals surface area contributed by atoms with Crippen LogP contribution in [-0.4, -0.2) is 29.9 Å². The molecule has 1 aliphatic heterocycles. The molecule has 3 amide bonds.